The SMILES string of the molecule is C/C=C(C)/C=C(C)/C=C(\S)c1cnco1.C=C.C=NCNC(=O)C(=C/C)/C(F)=C\N. The Kier molecular flexibility index (Phi) is 17.4. The van der Waals surface area contributed by atoms with Crippen molar-refractivity contribution in [3.8, 4) is 0 Å². The summed E-state index contributed by atoms with van der Waals surface area (Å²) in [6.45, 7) is 16.9. The number of nitrogens with zero attached hydrogens (tertiary/aromatic N) is 2. The second-order valence-corrected chi connectivity index (χ2v) is 5.90. The molecule has 0 saturated carbocycles. The molecule has 0 unspecified atom stereocenters. The zero-order valence-electron chi connectivity index (χ0n) is 18.0. The average molecular weight is 435 g/mol. The Labute approximate surface area is 184 Å². The first-order valence-electron chi connectivity index (χ1n) is 8.86. The molecule has 0 radical (unpaired) electrons. The maximum Gasteiger partial charge on any atom is 0.255 e. The largest absolute Gasteiger partial charge is 0.443 e. The Bertz CT molecular complexity index is 807. The van der Waals surface area contributed by atoms with Gasteiger partial charge < -0.3 is 15.5 Å². The molecule has 0 aromatic carbocycles. The van der Waals surface area contributed by atoms with Crippen molar-refractivity contribution in [3.63, 3.8) is 0 Å². The summed E-state index contributed by atoms with van der Waals surface area (Å²) >= 11 is 4.34. The van der Waals surface area contributed by atoms with Crippen LogP contribution in [0, 0.1) is 0 Å². The van der Waals surface area contributed by atoms with Crippen LogP contribution in [0.3, 0.4) is 0 Å². The van der Waals surface area contributed by atoms with Crippen molar-refractivity contribution in [2.75, 3.05) is 6.67 Å². The number of nitrogens with two attached hydrogens (primary N) is 1. The van der Waals surface area contributed by atoms with E-state index in [1.54, 1.807) is 13.1 Å². The molecule has 0 aliphatic rings. The molecule has 164 valence electrons. The number of halogens is 1. The molecule has 1 aromatic rings. The lowest BCUT2D eigenvalue weighted by atomic mass is 10.1. The fourth-order valence-electron chi connectivity index (χ4n) is 1.80. The predicted molar refractivity (Wildman–Crippen MR) is 128 cm³/mol. The molecular weight excluding hydrogens is 403 g/mol. The molecular formula is C22H31FN4O2S. The summed E-state index contributed by atoms with van der Waals surface area (Å²) in [5, 5.41) is 2.33. The van der Waals surface area contributed by atoms with E-state index in [0.29, 0.717) is 5.76 Å². The summed E-state index contributed by atoms with van der Waals surface area (Å²) in [6, 6.07) is 0. The summed E-state index contributed by atoms with van der Waals surface area (Å²) in [5.41, 5.74) is 7.17. The van der Waals surface area contributed by atoms with Crippen molar-refractivity contribution in [2.24, 2.45) is 10.7 Å². The molecule has 3 N–H and O–H groups in total. The summed E-state index contributed by atoms with van der Waals surface area (Å²) in [4.78, 5) is 19.1. The van der Waals surface area contributed by atoms with Gasteiger partial charge in [0.15, 0.2) is 18.0 Å². The summed E-state index contributed by atoms with van der Waals surface area (Å²) in [7, 11) is 0. The van der Waals surface area contributed by atoms with Crippen molar-refractivity contribution in [1.29, 1.82) is 0 Å². The first kappa shape index (κ1) is 29.1. The highest BCUT2D eigenvalue weighted by Crippen LogP contribution is 2.19. The number of hydrogen-bond donors (Lipinski definition) is 3. The monoisotopic (exact) mass is 434 g/mol. The average Bonchev–Trinajstić information content (AvgIpc) is 3.29. The molecule has 0 saturated heterocycles. The van der Waals surface area contributed by atoms with Crippen LogP contribution in [0.4, 0.5) is 4.39 Å². The molecule has 1 amide bonds. The number of aliphatic imine (C=N–C) groups is 1. The molecule has 1 aromatic heterocycles. The van der Waals surface area contributed by atoms with E-state index < -0.39 is 11.7 Å². The third-order valence-corrected chi connectivity index (χ3v) is 3.60. The molecule has 0 atom stereocenters. The van der Waals surface area contributed by atoms with E-state index in [9.17, 15) is 9.18 Å². The van der Waals surface area contributed by atoms with Crippen LogP contribution in [0.15, 0.2) is 88.2 Å². The van der Waals surface area contributed by atoms with Crippen LogP contribution < -0.4 is 11.1 Å². The van der Waals surface area contributed by atoms with E-state index in [1.165, 1.54) is 18.0 Å². The number of carbonyl (C=O) groups is 1. The van der Waals surface area contributed by atoms with Gasteiger partial charge in [0, 0.05) is 11.1 Å². The number of amides is 1. The topological polar surface area (TPSA) is 93.5 Å². The lowest BCUT2D eigenvalue weighted by Crippen LogP contribution is -2.25. The normalized spacial score (nSPS) is 12.8. The maximum atomic E-state index is 12.8. The number of hydrogen-bond acceptors (Lipinski definition) is 6. The van der Waals surface area contributed by atoms with E-state index >= 15 is 0 Å². The van der Waals surface area contributed by atoms with Crippen molar-refractivity contribution in [1.82, 2.24) is 10.3 Å². The van der Waals surface area contributed by atoms with Crippen molar-refractivity contribution in [3.05, 3.63) is 84.6 Å². The molecule has 8 heteroatoms. The number of thiol groups is 1. The summed E-state index contributed by atoms with van der Waals surface area (Å²) in [5.74, 6) is -0.637. The molecule has 6 nitrogen and oxygen atoms in total. The van der Waals surface area contributed by atoms with Gasteiger partial charge >= 0.3 is 0 Å². The van der Waals surface area contributed by atoms with Crippen molar-refractivity contribution in [2.45, 2.75) is 27.7 Å². The van der Waals surface area contributed by atoms with Gasteiger partial charge in [-0.1, -0.05) is 23.8 Å². The minimum Gasteiger partial charge on any atom is -0.443 e. The highest BCUT2D eigenvalue weighted by Gasteiger charge is 2.11. The van der Waals surface area contributed by atoms with Gasteiger partial charge in [0.25, 0.3) is 5.91 Å². The van der Waals surface area contributed by atoms with E-state index in [2.05, 4.69) is 66.9 Å². The fourth-order valence-corrected chi connectivity index (χ4v) is 2.12. The van der Waals surface area contributed by atoms with Crippen molar-refractivity contribution >= 4 is 30.2 Å². The maximum absolute atomic E-state index is 12.8. The number of allylic oxidation sites excluding steroid dienone is 6. The van der Waals surface area contributed by atoms with Crippen LogP contribution >= 0.6 is 12.6 Å². The van der Waals surface area contributed by atoms with Gasteiger partial charge in [-0.05, 0) is 46.1 Å². The Morgan fingerprint density at radius 3 is 2.37 bits per heavy atom. The molecule has 1 rings (SSSR count). The third kappa shape index (κ3) is 12.4. The Hall–Kier alpha value is -3.13. The van der Waals surface area contributed by atoms with E-state index in [0.717, 1.165) is 16.7 Å². The Balaban J connectivity index is 0. The van der Waals surface area contributed by atoms with E-state index in [-0.39, 0.29) is 12.2 Å². The van der Waals surface area contributed by atoms with Crippen LogP contribution in [-0.4, -0.2) is 24.3 Å². The number of oxazole rings is 1. The molecule has 30 heavy (non-hydrogen) atoms. The minimum atomic E-state index is -0.760. The zero-order chi connectivity index (χ0) is 23.5. The quantitative estimate of drug-likeness (QED) is 0.182. The number of carbonyl (C=O) groups excluding carboxylic acids is 1. The number of rotatable bonds is 7. The van der Waals surface area contributed by atoms with Crippen molar-refractivity contribution < 1.29 is 13.6 Å². The highest BCUT2D eigenvalue weighted by molar-refractivity contribution is 7.90. The van der Waals surface area contributed by atoms with Gasteiger partial charge in [0.1, 0.15) is 6.67 Å². The van der Waals surface area contributed by atoms with E-state index in [1.807, 2.05) is 19.9 Å². The first-order valence-corrected chi connectivity index (χ1v) is 9.30. The second-order valence-electron chi connectivity index (χ2n) is 5.42. The summed E-state index contributed by atoms with van der Waals surface area (Å²) in [6.07, 6.45) is 11.2. The summed E-state index contributed by atoms with van der Waals surface area (Å²) < 4.78 is 18.0. The molecule has 0 aliphatic heterocycles. The van der Waals surface area contributed by atoms with E-state index in [4.69, 9.17) is 10.2 Å². The lowest BCUT2D eigenvalue weighted by Gasteiger charge is -2.03. The molecule has 0 aliphatic carbocycles. The minimum absolute atomic E-state index is 0.0496. The standard InChI is InChI=1S/C12H15NOS.C8H12FN3O.C2H4/c1-4-9(2)5-10(3)6-12(15)11-7-13-8-14-11;1-3-6(7(9)4-10)8(13)12-5-11-2;1-2/h4-8,15H,1-3H3;3-4H,2,5,10H2,1H3,(H,12,13);1-2H2/b9-4+,10-5+,12-6-;6-3+,7-4+;. The highest BCUT2D eigenvalue weighted by atomic mass is 32.1. The van der Waals surface area contributed by atoms with Gasteiger partial charge in [0.2, 0.25) is 0 Å². The van der Waals surface area contributed by atoms with Gasteiger partial charge in [-0.15, -0.1) is 25.8 Å². The van der Waals surface area contributed by atoms with Gasteiger partial charge in [-0.3, -0.25) is 9.79 Å². The van der Waals surface area contributed by atoms with Gasteiger partial charge in [-0.2, -0.15) is 0 Å². The Morgan fingerprint density at radius 2 is 1.93 bits per heavy atom. The predicted octanol–water partition coefficient (Wildman–Crippen LogP) is 5.14. The second kappa shape index (κ2) is 17.9. The lowest BCUT2D eigenvalue weighted by molar-refractivity contribution is -0.117. The van der Waals surface area contributed by atoms with Crippen LogP contribution in [-0.2, 0) is 4.79 Å². The molecule has 0 fully saturated rings. The van der Waals surface area contributed by atoms with Gasteiger partial charge in [0.05, 0.1) is 11.8 Å². The fraction of sp³-hybridized carbons (Fsp3) is 0.227. The molecule has 0 spiro atoms. The van der Waals surface area contributed by atoms with Crippen LogP contribution in [0.25, 0.3) is 4.91 Å². The molecule has 1 heterocycles. The van der Waals surface area contributed by atoms with Crippen LogP contribution in [0.2, 0.25) is 0 Å². The first-order chi connectivity index (χ1) is 14.3. The van der Waals surface area contributed by atoms with Gasteiger partial charge in [-0.25, -0.2) is 9.37 Å². The number of nitrogens with one attached hydrogen (secondary N) is 1. The zero-order valence-corrected chi connectivity index (χ0v) is 18.9. The number of aromatic nitrogens is 1. The smallest absolute Gasteiger partial charge is 0.255 e. The Morgan fingerprint density at radius 1 is 1.30 bits per heavy atom. The van der Waals surface area contributed by atoms with Crippen LogP contribution in [0.1, 0.15) is 33.5 Å². The van der Waals surface area contributed by atoms with Crippen LogP contribution in [0.5, 0.6) is 0 Å². The molecule has 0 bridgehead atoms. The third-order valence-electron chi connectivity index (χ3n) is 3.25.